The predicted molar refractivity (Wildman–Crippen MR) is 197 cm³/mol. The maximum atomic E-state index is 13.5. The second-order valence-corrected chi connectivity index (χ2v) is 14.2. The van der Waals surface area contributed by atoms with Gasteiger partial charge < -0.3 is 30.6 Å². The van der Waals surface area contributed by atoms with Crippen molar-refractivity contribution < 1.29 is 9.53 Å². The van der Waals surface area contributed by atoms with Crippen LogP contribution in [0.1, 0.15) is 83.1 Å². The van der Waals surface area contributed by atoms with Gasteiger partial charge in [0, 0.05) is 30.5 Å². The Morgan fingerprint density at radius 3 is 2.54 bits per heavy atom. The number of ether oxygens (including phenoxy) is 1. The molecule has 4 atom stereocenters. The lowest BCUT2D eigenvalue weighted by atomic mass is 9.85. The fourth-order valence-corrected chi connectivity index (χ4v) is 6.86. The summed E-state index contributed by atoms with van der Waals surface area (Å²) in [6.45, 7) is 10.0. The molecule has 2 aliphatic rings. The molecule has 4 aromatic rings. The van der Waals surface area contributed by atoms with Crippen molar-refractivity contribution >= 4 is 29.0 Å². The van der Waals surface area contributed by atoms with Crippen LogP contribution in [0.3, 0.4) is 0 Å². The molecule has 0 unspecified atom stereocenters. The van der Waals surface area contributed by atoms with E-state index in [2.05, 4.69) is 67.0 Å². The Labute approximate surface area is 294 Å². The summed E-state index contributed by atoms with van der Waals surface area (Å²) < 4.78 is 10.6. The zero-order valence-electron chi connectivity index (χ0n) is 30.1. The number of pyridine rings is 1. The number of amides is 2. The molecule has 0 spiro atoms. The summed E-state index contributed by atoms with van der Waals surface area (Å²) >= 11 is 0. The molecule has 13 heteroatoms. The van der Waals surface area contributed by atoms with E-state index in [4.69, 9.17) is 10.1 Å². The van der Waals surface area contributed by atoms with Crippen LogP contribution in [0.15, 0.2) is 66.9 Å². The molecule has 4 heterocycles. The standard InChI is InChI=1S/C37H51N11O2/c1-24(2)31(38)20-34(40-27-21-39-46(22-27)19-18-45(5)6)42-36(49)41-32-15-16-33(30-13-8-7-12-29(30)32)50-28-14-17-35-43-44-37(47(35)23-28)48-25(3)10-9-11-26(48)4/h7-8,12-14,17,20-26,32-33,38,40H,9-11,15-16,18-19H2,1-6H3,(H2,41,42,49)/b34-20+,38-31?/t25-,26+,32-,33+/m0/s1. The largest absolute Gasteiger partial charge is 0.484 e. The summed E-state index contributed by atoms with van der Waals surface area (Å²) in [6, 6.07) is 12.3. The normalized spacial score (nSPS) is 21.0. The highest BCUT2D eigenvalue weighted by Gasteiger charge is 2.31. The number of anilines is 2. The highest BCUT2D eigenvalue weighted by molar-refractivity contribution is 5.95. The molecule has 50 heavy (non-hydrogen) atoms. The van der Waals surface area contributed by atoms with E-state index in [-0.39, 0.29) is 24.1 Å². The topological polar surface area (TPSA) is 141 Å². The van der Waals surface area contributed by atoms with Crippen LogP contribution in [0.5, 0.6) is 5.75 Å². The lowest BCUT2D eigenvalue weighted by Crippen LogP contribution is -2.44. The molecular weight excluding hydrogens is 630 g/mol. The lowest BCUT2D eigenvalue weighted by Gasteiger charge is -2.39. The lowest BCUT2D eigenvalue weighted by molar-refractivity contribution is 0.171. The van der Waals surface area contributed by atoms with Crippen molar-refractivity contribution in [1.82, 2.24) is 39.9 Å². The number of hydrogen-bond donors (Lipinski definition) is 4. The SMILES string of the molecule is CC(C)C(=N)/C=C(/NC(=O)N[C@H]1CC[C@@H](Oc2ccc3nnc(N4[C@H](C)CCC[C@@H]4C)n3c2)c2ccccc21)Nc1cnn(CCN(C)C)c1. The van der Waals surface area contributed by atoms with Gasteiger partial charge in [-0.15, -0.1) is 10.2 Å². The van der Waals surface area contributed by atoms with Crippen LogP contribution in [0.25, 0.3) is 5.65 Å². The summed E-state index contributed by atoms with van der Waals surface area (Å²) in [6.07, 6.45) is 12.0. The van der Waals surface area contributed by atoms with Crippen molar-refractivity contribution in [3.63, 3.8) is 0 Å². The number of fused-ring (bicyclic) bond motifs is 2. The van der Waals surface area contributed by atoms with Gasteiger partial charge in [-0.3, -0.25) is 14.4 Å². The molecule has 1 saturated heterocycles. The van der Waals surface area contributed by atoms with Crippen molar-refractivity contribution in [3.05, 3.63) is 78.0 Å². The van der Waals surface area contributed by atoms with Crippen LogP contribution in [-0.4, -0.2) is 73.7 Å². The minimum absolute atomic E-state index is 0.00383. The molecule has 0 bridgehead atoms. The monoisotopic (exact) mass is 681 g/mol. The maximum Gasteiger partial charge on any atom is 0.320 e. The molecule has 3 aromatic heterocycles. The fraction of sp³-hybridized carbons (Fsp3) is 0.486. The first-order chi connectivity index (χ1) is 24.0. The summed E-state index contributed by atoms with van der Waals surface area (Å²) in [5.74, 6) is 2.01. The van der Waals surface area contributed by atoms with Crippen molar-refractivity contribution in [1.29, 1.82) is 5.41 Å². The van der Waals surface area contributed by atoms with Gasteiger partial charge in [0.2, 0.25) is 5.95 Å². The number of rotatable bonds is 12. The molecule has 266 valence electrons. The second kappa shape index (κ2) is 15.3. The molecule has 2 amide bonds. The molecule has 1 aliphatic heterocycles. The second-order valence-electron chi connectivity index (χ2n) is 14.2. The predicted octanol–water partition coefficient (Wildman–Crippen LogP) is 6.14. The van der Waals surface area contributed by atoms with E-state index in [1.54, 1.807) is 12.3 Å². The van der Waals surface area contributed by atoms with Gasteiger partial charge in [0.05, 0.1) is 30.7 Å². The van der Waals surface area contributed by atoms with Crippen LogP contribution in [0, 0.1) is 11.3 Å². The van der Waals surface area contributed by atoms with Gasteiger partial charge in [-0.1, -0.05) is 38.1 Å². The maximum absolute atomic E-state index is 13.5. The van der Waals surface area contributed by atoms with Crippen LogP contribution in [0.4, 0.5) is 16.4 Å². The number of urea groups is 1. The number of likely N-dealkylation sites (N-methyl/N-ethyl adjacent to an activating group) is 1. The zero-order chi connectivity index (χ0) is 35.4. The summed E-state index contributed by atoms with van der Waals surface area (Å²) in [5, 5.41) is 31.3. The highest BCUT2D eigenvalue weighted by atomic mass is 16.5. The summed E-state index contributed by atoms with van der Waals surface area (Å²) in [7, 11) is 4.04. The number of nitrogens with one attached hydrogen (secondary N) is 4. The zero-order valence-corrected chi connectivity index (χ0v) is 30.1. The van der Waals surface area contributed by atoms with E-state index in [0.717, 1.165) is 66.5 Å². The molecule has 0 radical (unpaired) electrons. The third-order valence-electron chi connectivity index (χ3n) is 9.66. The third kappa shape index (κ3) is 8.10. The van der Waals surface area contributed by atoms with Gasteiger partial charge >= 0.3 is 6.03 Å². The molecular formula is C37H51N11O2. The fourth-order valence-electron chi connectivity index (χ4n) is 6.86. The van der Waals surface area contributed by atoms with Crippen molar-refractivity contribution in [2.24, 2.45) is 5.92 Å². The molecule has 13 nitrogen and oxygen atoms in total. The Bertz CT molecular complexity index is 1820. The van der Waals surface area contributed by atoms with E-state index in [1.165, 1.54) is 6.42 Å². The average molecular weight is 682 g/mol. The number of benzene rings is 1. The van der Waals surface area contributed by atoms with Gasteiger partial charge in [0.1, 0.15) is 17.7 Å². The van der Waals surface area contributed by atoms with E-state index in [9.17, 15) is 4.79 Å². The molecule has 1 aliphatic carbocycles. The van der Waals surface area contributed by atoms with Gasteiger partial charge in [-0.2, -0.15) is 5.10 Å². The Kier molecular flexibility index (Phi) is 10.7. The van der Waals surface area contributed by atoms with Gasteiger partial charge in [0.25, 0.3) is 0 Å². The average Bonchev–Trinajstić information content (AvgIpc) is 3.71. The van der Waals surface area contributed by atoms with E-state index >= 15 is 0 Å². The van der Waals surface area contributed by atoms with Crippen LogP contribution >= 0.6 is 0 Å². The van der Waals surface area contributed by atoms with Crippen LogP contribution < -0.4 is 25.6 Å². The minimum atomic E-state index is -0.355. The Morgan fingerprint density at radius 2 is 1.80 bits per heavy atom. The third-order valence-corrected chi connectivity index (χ3v) is 9.66. The van der Waals surface area contributed by atoms with E-state index < -0.39 is 0 Å². The number of nitrogens with zero attached hydrogens (tertiary/aromatic N) is 7. The summed E-state index contributed by atoms with van der Waals surface area (Å²) in [4.78, 5) is 18.0. The Hall–Kier alpha value is -4.91. The smallest absolute Gasteiger partial charge is 0.320 e. The highest BCUT2D eigenvalue weighted by Crippen LogP contribution is 2.39. The van der Waals surface area contributed by atoms with Gasteiger partial charge in [-0.05, 0) is 95.3 Å². The van der Waals surface area contributed by atoms with Crippen LogP contribution in [0.2, 0.25) is 0 Å². The van der Waals surface area contributed by atoms with E-state index in [0.29, 0.717) is 30.0 Å². The molecule has 6 rings (SSSR count). The number of aromatic nitrogens is 5. The van der Waals surface area contributed by atoms with Crippen LogP contribution in [-0.2, 0) is 6.54 Å². The molecule has 4 N–H and O–H groups in total. The van der Waals surface area contributed by atoms with Crippen molar-refractivity contribution in [2.75, 3.05) is 30.9 Å². The molecule has 1 aromatic carbocycles. The number of hydrogen-bond acceptors (Lipinski definition) is 9. The first-order valence-electron chi connectivity index (χ1n) is 17.8. The Morgan fingerprint density at radius 1 is 1.04 bits per heavy atom. The van der Waals surface area contributed by atoms with Crippen molar-refractivity contribution in [2.45, 2.75) is 90.6 Å². The van der Waals surface area contributed by atoms with Gasteiger partial charge in [-0.25, -0.2) is 4.79 Å². The molecule has 1 fully saturated rings. The number of carbonyl (C=O) groups excluding carboxylic acids is 1. The minimum Gasteiger partial charge on any atom is -0.484 e. The number of allylic oxidation sites excluding steroid dienone is 1. The van der Waals surface area contributed by atoms with Gasteiger partial charge in [0.15, 0.2) is 5.65 Å². The Balaban J connectivity index is 1.15. The quantitative estimate of drug-likeness (QED) is 0.131. The van der Waals surface area contributed by atoms with Crippen molar-refractivity contribution in [3.8, 4) is 5.75 Å². The first kappa shape index (κ1) is 34.9. The first-order valence-corrected chi connectivity index (χ1v) is 17.8. The number of carbonyl (C=O) groups is 1. The number of piperidine rings is 1. The molecule has 0 saturated carbocycles. The van der Waals surface area contributed by atoms with E-state index in [1.807, 2.05) is 73.7 Å². The summed E-state index contributed by atoms with van der Waals surface area (Å²) in [5.41, 5.74) is 3.99.